The van der Waals surface area contributed by atoms with Gasteiger partial charge in [0.25, 0.3) is 11.8 Å². The summed E-state index contributed by atoms with van der Waals surface area (Å²) in [6.07, 6.45) is 0.841. The van der Waals surface area contributed by atoms with E-state index >= 15 is 0 Å². The molecule has 0 saturated carbocycles. The molecule has 2 aromatic carbocycles. The summed E-state index contributed by atoms with van der Waals surface area (Å²) >= 11 is 0. The number of nitrogens with zero attached hydrogens (tertiary/aromatic N) is 1. The van der Waals surface area contributed by atoms with Crippen molar-refractivity contribution in [2.45, 2.75) is 6.92 Å². The summed E-state index contributed by atoms with van der Waals surface area (Å²) < 4.78 is 0. The molecule has 0 heterocycles. The lowest BCUT2D eigenvalue weighted by atomic mass is 9.98. The molecular weight excluding hydrogens is 308 g/mol. The van der Waals surface area contributed by atoms with Crippen molar-refractivity contribution in [3.8, 4) is 0 Å². The van der Waals surface area contributed by atoms with Gasteiger partial charge in [0, 0.05) is 23.9 Å². The zero-order chi connectivity index (χ0) is 17.7. The van der Waals surface area contributed by atoms with Gasteiger partial charge >= 0.3 is 0 Å². The number of nitrogens with one attached hydrogen (secondary N) is 1. The van der Waals surface area contributed by atoms with Crippen LogP contribution in [-0.2, 0) is 4.79 Å². The van der Waals surface area contributed by atoms with Gasteiger partial charge in [-0.2, -0.15) is 0 Å². The van der Waals surface area contributed by atoms with Gasteiger partial charge in [-0.1, -0.05) is 18.2 Å². The van der Waals surface area contributed by atoms with Crippen LogP contribution < -0.4 is 10.2 Å². The van der Waals surface area contributed by atoms with Crippen molar-refractivity contribution in [3.63, 3.8) is 0 Å². The number of amides is 3. The summed E-state index contributed by atoms with van der Waals surface area (Å²) in [6, 6.07) is 11.7. The predicted octanol–water partition coefficient (Wildman–Crippen LogP) is 1.97. The molecule has 0 spiro atoms. The van der Waals surface area contributed by atoms with Crippen molar-refractivity contribution in [1.29, 1.82) is 0 Å². The first kappa shape index (κ1) is 17.1. The van der Waals surface area contributed by atoms with Crippen LogP contribution in [0.2, 0.25) is 0 Å². The van der Waals surface area contributed by atoms with Crippen LogP contribution in [0.3, 0.4) is 0 Å². The first-order valence-corrected chi connectivity index (χ1v) is 7.17. The minimum Gasteiger partial charge on any atom is -0.311 e. The van der Waals surface area contributed by atoms with Crippen molar-refractivity contribution in [2.24, 2.45) is 0 Å². The van der Waals surface area contributed by atoms with E-state index in [1.54, 1.807) is 38.2 Å². The molecule has 3 amide bonds. The van der Waals surface area contributed by atoms with E-state index in [-0.39, 0.29) is 23.1 Å². The van der Waals surface area contributed by atoms with E-state index in [1.807, 2.05) is 11.4 Å². The van der Waals surface area contributed by atoms with Gasteiger partial charge in [-0.25, -0.2) is 0 Å². The highest BCUT2D eigenvalue weighted by Crippen LogP contribution is 2.20. The predicted molar refractivity (Wildman–Crippen MR) is 89.3 cm³/mol. The van der Waals surface area contributed by atoms with Crippen LogP contribution in [0.5, 0.6) is 0 Å². The highest BCUT2D eigenvalue weighted by Gasteiger charge is 2.21. The maximum absolute atomic E-state index is 12.7. The minimum atomic E-state index is -0.628. The minimum absolute atomic E-state index is 0.0954. The number of aldehydes is 1. The topological polar surface area (TPSA) is 83.6 Å². The maximum Gasteiger partial charge on any atom is 0.258 e. The second kappa shape index (κ2) is 7.32. The molecule has 2 rings (SSSR count). The lowest BCUT2D eigenvalue weighted by Crippen LogP contribution is -2.28. The van der Waals surface area contributed by atoms with E-state index in [0.29, 0.717) is 17.5 Å². The van der Waals surface area contributed by atoms with Crippen molar-refractivity contribution < 1.29 is 19.2 Å². The van der Waals surface area contributed by atoms with Crippen LogP contribution in [0.15, 0.2) is 42.5 Å². The van der Waals surface area contributed by atoms with E-state index in [9.17, 15) is 19.2 Å². The summed E-state index contributed by atoms with van der Waals surface area (Å²) in [5, 5.41) is 2.03. The normalized spacial score (nSPS) is 9.92. The molecule has 6 nitrogen and oxygen atoms in total. The first-order valence-electron chi connectivity index (χ1n) is 7.17. The van der Waals surface area contributed by atoms with Gasteiger partial charge in [0.1, 0.15) is 0 Å². The molecule has 6 heteroatoms. The lowest BCUT2D eigenvalue weighted by molar-refractivity contribution is -0.108. The molecule has 24 heavy (non-hydrogen) atoms. The molecule has 0 aromatic heterocycles. The van der Waals surface area contributed by atoms with Gasteiger partial charge in [0.2, 0.25) is 6.41 Å². The Morgan fingerprint density at radius 2 is 1.71 bits per heavy atom. The first-order chi connectivity index (χ1) is 11.5. The molecular formula is C18H16N2O4. The second-order valence-corrected chi connectivity index (χ2v) is 5.16. The Hall–Kier alpha value is -3.28. The van der Waals surface area contributed by atoms with Crippen molar-refractivity contribution in [2.75, 3.05) is 11.9 Å². The summed E-state index contributed by atoms with van der Waals surface area (Å²) in [7, 11) is 1.58. The third kappa shape index (κ3) is 3.38. The third-order valence-corrected chi connectivity index (χ3v) is 3.64. The van der Waals surface area contributed by atoms with E-state index in [0.717, 1.165) is 0 Å². The number of rotatable bonds is 5. The monoisotopic (exact) mass is 324 g/mol. The average Bonchev–Trinajstić information content (AvgIpc) is 2.61. The Bertz CT molecular complexity index is 800. The molecule has 0 aliphatic rings. The SMILES string of the molecule is Cc1cc(C=O)c(C(=O)N(C)c2ccccc2)cc1C(=O)NC=O. The fraction of sp³-hybridized carbons (Fsp3) is 0.111. The number of imide groups is 1. The number of aryl methyl sites for hydroxylation is 1. The Labute approximate surface area is 139 Å². The molecule has 0 aliphatic heterocycles. The Balaban J connectivity index is 2.49. The van der Waals surface area contributed by atoms with Crippen LogP contribution in [0.25, 0.3) is 0 Å². The Kier molecular flexibility index (Phi) is 5.21. The van der Waals surface area contributed by atoms with E-state index in [1.165, 1.54) is 17.0 Å². The average molecular weight is 324 g/mol. The van der Waals surface area contributed by atoms with Gasteiger partial charge in [-0.15, -0.1) is 0 Å². The molecule has 2 aromatic rings. The molecule has 0 saturated heterocycles. The van der Waals surface area contributed by atoms with Gasteiger partial charge in [0.15, 0.2) is 6.29 Å². The molecule has 0 fully saturated rings. The maximum atomic E-state index is 12.7. The highest BCUT2D eigenvalue weighted by atomic mass is 16.2. The number of carbonyl (C=O) groups excluding carboxylic acids is 4. The summed E-state index contributed by atoms with van der Waals surface area (Å²) in [6.45, 7) is 1.63. The molecule has 1 N–H and O–H groups in total. The smallest absolute Gasteiger partial charge is 0.258 e. The molecule has 0 aliphatic carbocycles. The van der Waals surface area contributed by atoms with Crippen molar-refractivity contribution in [3.05, 3.63) is 64.7 Å². The van der Waals surface area contributed by atoms with E-state index in [4.69, 9.17) is 0 Å². The van der Waals surface area contributed by atoms with Crippen LogP contribution in [-0.4, -0.2) is 31.6 Å². The number of hydrogen-bond donors (Lipinski definition) is 1. The van der Waals surface area contributed by atoms with Crippen LogP contribution in [0.4, 0.5) is 5.69 Å². The van der Waals surface area contributed by atoms with E-state index < -0.39 is 11.8 Å². The Morgan fingerprint density at radius 3 is 2.29 bits per heavy atom. The van der Waals surface area contributed by atoms with Crippen LogP contribution >= 0.6 is 0 Å². The van der Waals surface area contributed by atoms with Gasteiger partial charge in [-0.05, 0) is 36.8 Å². The van der Waals surface area contributed by atoms with Gasteiger partial charge in [0.05, 0.1) is 5.56 Å². The summed E-state index contributed by atoms with van der Waals surface area (Å²) in [4.78, 5) is 47.8. The number of hydrogen-bond acceptors (Lipinski definition) is 4. The van der Waals surface area contributed by atoms with Crippen molar-refractivity contribution >= 4 is 30.2 Å². The largest absolute Gasteiger partial charge is 0.311 e. The fourth-order valence-corrected chi connectivity index (χ4v) is 2.34. The number of benzene rings is 2. The van der Waals surface area contributed by atoms with Gasteiger partial charge in [-0.3, -0.25) is 24.5 Å². The standard InChI is InChI=1S/C18H16N2O4/c1-12-8-13(10-21)16(9-15(12)17(23)19-11-22)18(24)20(2)14-6-4-3-5-7-14/h3-11H,1-2H3,(H,19,22,23). The molecule has 0 unspecified atom stereocenters. The van der Waals surface area contributed by atoms with E-state index in [2.05, 4.69) is 0 Å². The van der Waals surface area contributed by atoms with Gasteiger partial charge < -0.3 is 4.90 Å². The summed E-state index contributed by atoms with van der Waals surface area (Å²) in [5.41, 5.74) is 1.59. The molecule has 0 bridgehead atoms. The van der Waals surface area contributed by atoms with Crippen LogP contribution in [0.1, 0.15) is 36.6 Å². The third-order valence-electron chi connectivity index (χ3n) is 3.64. The fourth-order valence-electron chi connectivity index (χ4n) is 2.34. The molecule has 0 atom stereocenters. The number of anilines is 1. The zero-order valence-electron chi connectivity index (χ0n) is 13.3. The quantitative estimate of drug-likeness (QED) is 0.852. The van der Waals surface area contributed by atoms with Crippen molar-refractivity contribution in [1.82, 2.24) is 5.32 Å². The summed E-state index contributed by atoms with van der Waals surface area (Å²) in [5.74, 6) is -1.06. The zero-order valence-corrected chi connectivity index (χ0v) is 13.3. The Morgan fingerprint density at radius 1 is 1.04 bits per heavy atom. The second-order valence-electron chi connectivity index (χ2n) is 5.16. The van der Waals surface area contributed by atoms with Crippen LogP contribution in [0, 0.1) is 6.92 Å². The molecule has 122 valence electrons. The molecule has 0 radical (unpaired) electrons. The number of para-hydroxylation sites is 1. The lowest BCUT2D eigenvalue weighted by Gasteiger charge is -2.19. The highest BCUT2D eigenvalue weighted by molar-refractivity contribution is 6.12. The number of carbonyl (C=O) groups is 4.